The van der Waals surface area contributed by atoms with Crippen molar-refractivity contribution in [3.63, 3.8) is 0 Å². The van der Waals surface area contributed by atoms with Crippen molar-refractivity contribution in [3.8, 4) is 0 Å². The molecule has 1 unspecified atom stereocenters. The molecule has 3 nitrogen and oxygen atoms in total. The van der Waals surface area contributed by atoms with Crippen molar-refractivity contribution in [1.82, 2.24) is 0 Å². The number of ketones is 1. The molecule has 2 aliphatic rings. The van der Waals surface area contributed by atoms with Crippen molar-refractivity contribution >= 4 is 58.1 Å². The van der Waals surface area contributed by atoms with Gasteiger partial charge in [0.15, 0.2) is 0 Å². The summed E-state index contributed by atoms with van der Waals surface area (Å²) in [5.41, 5.74) is -0.583. The number of halogens is 4. The fraction of sp³-hybridized carbons (Fsp3) is 0.200. The van der Waals surface area contributed by atoms with Gasteiger partial charge in [-0.3, -0.25) is 4.79 Å². The quantitative estimate of drug-likeness (QED) is 0.720. The van der Waals surface area contributed by atoms with Crippen LogP contribution in [0.2, 0.25) is 0 Å². The van der Waals surface area contributed by atoms with Gasteiger partial charge in [0.2, 0.25) is 17.3 Å². The van der Waals surface area contributed by atoms with E-state index in [1.165, 1.54) is 0 Å². The van der Waals surface area contributed by atoms with Crippen LogP contribution in [0.25, 0.3) is 0 Å². The Labute approximate surface area is 147 Å². The summed E-state index contributed by atoms with van der Waals surface area (Å²) >= 11 is 24.6. The first-order valence-corrected chi connectivity index (χ1v) is 7.89. The lowest BCUT2D eigenvalue weighted by Crippen LogP contribution is -2.44. The zero-order valence-corrected chi connectivity index (χ0v) is 14.3. The van der Waals surface area contributed by atoms with Crippen LogP contribution in [-0.2, 0) is 9.53 Å². The fourth-order valence-electron chi connectivity index (χ4n) is 2.42. The van der Waals surface area contributed by atoms with E-state index in [-0.39, 0.29) is 20.1 Å². The molecule has 1 heterocycles. The number of ether oxygens (including phenoxy) is 1. The summed E-state index contributed by atoms with van der Waals surface area (Å²) in [7, 11) is 0. The number of carbonyl (C=O) groups excluding carboxylic acids is 1. The first-order chi connectivity index (χ1) is 10.4. The standard InChI is InChI=1S/C15H9Cl4NO2/c1-7-15(12(18)9(16)11(21)10(17)13(15)19)22-14(20-7)8-5-3-2-4-6-8/h2-7H,1H3. The zero-order valence-electron chi connectivity index (χ0n) is 11.2. The molecule has 1 aliphatic heterocycles. The molecule has 0 aromatic heterocycles. The van der Waals surface area contributed by atoms with Crippen LogP contribution in [0.15, 0.2) is 55.5 Å². The predicted molar refractivity (Wildman–Crippen MR) is 88.7 cm³/mol. The molecule has 1 aromatic rings. The average Bonchev–Trinajstić information content (AvgIpc) is 2.89. The van der Waals surface area contributed by atoms with E-state index in [0.717, 1.165) is 5.56 Å². The van der Waals surface area contributed by atoms with Gasteiger partial charge in [0.05, 0.1) is 10.1 Å². The Morgan fingerprint density at radius 3 is 2.14 bits per heavy atom. The van der Waals surface area contributed by atoms with Crippen LogP contribution in [0.1, 0.15) is 12.5 Å². The molecular weight excluding hydrogens is 368 g/mol. The van der Waals surface area contributed by atoms with Crippen LogP contribution in [0.3, 0.4) is 0 Å². The molecule has 0 saturated heterocycles. The van der Waals surface area contributed by atoms with Crippen LogP contribution in [-0.4, -0.2) is 23.3 Å². The molecule has 0 fully saturated rings. The third-order valence-corrected chi connectivity index (χ3v) is 5.47. The second-order valence-corrected chi connectivity index (χ2v) is 6.41. The fourth-order valence-corrected chi connectivity index (χ4v) is 3.74. The Bertz CT molecular complexity index is 724. The largest absolute Gasteiger partial charge is 0.457 e. The molecule has 1 spiro atoms. The molecule has 7 heteroatoms. The minimum absolute atomic E-state index is 0.00394. The summed E-state index contributed by atoms with van der Waals surface area (Å²) in [6.07, 6.45) is 0. The van der Waals surface area contributed by atoms with E-state index in [4.69, 9.17) is 51.1 Å². The Balaban J connectivity index is 2.11. The monoisotopic (exact) mass is 375 g/mol. The maximum atomic E-state index is 11.9. The van der Waals surface area contributed by atoms with Gasteiger partial charge in [-0.15, -0.1) is 0 Å². The lowest BCUT2D eigenvalue weighted by Gasteiger charge is -2.34. The topological polar surface area (TPSA) is 38.7 Å². The zero-order chi connectivity index (χ0) is 16.1. The van der Waals surface area contributed by atoms with Crippen LogP contribution < -0.4 is 0 Å². The SMILES string of the molecule is CC1N=C(c2ccccc2)OC12C(Cl)=C(Cl)C(=O)C(Cl)=C2Cl. The summed E-state index contributed by atoms with van der Waals surface area (Å²) in [5, 5.41) is -0.411. The first-order valence-electron chi connectivity index (χ1n) is 6.38. The van der Waals surface area contributed by atoms with Gasteiger partial charge in [-0.25, -0.2) is 4.99 Å². The first kappa shape index (κ1) is 15.9. The number of hydrogen-bond acceptors (Lipinski definition) is 3. The number of rotatable bonds is 1. The number of benzene rings is 1. The van der Waals surface area contributed by atoms with E-state index in [9.17, 15) is 4.79 Å². The third kappa shape index (κ3) is 2.11. The number of carbonyl (C=O) groups is 1. The van der Waals surface area contributed by atoms with Gasteiger partial charge in [-0.05, 0) is 19.1 Å². The van der Waals surface area contributed by atoms with Gasteiger partial charge >= 0.3 is 0 Å². The van der Waals surface area contributed by atoms with Crippen molar-refractivity contribution in [1.29, 1.82) is 0 Å². The number of allylic oxidation sites excluding steroid dienone is 2. The molecule has 0 saturated carbocycles. The number of Topliss-reactive ketones (excluding diaryl/α,β-unsaturated/α-hetero) is 1. The Hall–Kier alpha value is -1.000. The van der Waals surface area contributed by atoms with Crippen LogP contribution >= 0.6 is 46.4 Å². The van der Waals surface area contributed by atoms with Crippen molar-refractivity contribution in [3.05, 3.63) is 56.0 Å². The van der Waals surface area contributed by atoms with Gasteiger partial charge in [0.1, 0.15) is 16.1 Å². The highest BCUT2D eigenvalue weighted by Gasteiger charge is 2.55. The van der Waals surface area contributed by atoms with E-state index in [2.05, 4.69) is 4.99 Å². The van der Waals surface area contributed by atoms with Crippen molar-refractivity contribution < 1.29 is 9.53 Å². The maximum Gasteiger partial charge on any atom is 0.218 e. The Kier molecular flexibility index (Phi) is 4.02. The van der Waals surface area contributed by atoms with Crippen LogP contribution in [0.5, 0.6) is 0 Å². The summed E-state index contributed by atoms with van der Waals surface area (Å²) in [6.45, 7) is 1.77. The lowest BCUT2D eigenvalue weighted by atomic mass is 9.90. The molecule has 1 aromatic carbocycles. The highest BCUT2D eigenvalue weighted by atomic mass is 35.5. The van der Waals surface area contributed by atoms with Crippen molar-refractivity contribution in [2.45, 2.75) is 18.6 Å². The van der Waals surface area contributed by atoms with E-state index in [0.29, 0.717) is 5.90 Å². The van der Waals surface area contributed by atoms with Crippen molar-refractivity contribution in [2.24, 2.45) is 4.99 Å². The highest BCUT2D eigenvalue weighted by molar-refractivity contribution is 6.61. The molecule has 3 rings (SSSR count). The van der Waals surface area contributed by atoms with E-state index < -0.39 is 17.4 Å². The molecule has 0 radical (unpaired) electrons. The van der Waals surface area contributed by atoms with E-state index >= 15 is 0 Å². The predicted octanol–water partition coefficient (Wildman–Crippen LogP) is 4.55. The molecule has 1 atom stereocenters. The van der Waals surface area contributed by atoms with Crippen LogP contribution in [0.4, 0.5) is 0 Å². The molecule has 0 amide bonds. The molecule has 0 N–H and O–H groups in total. The number of nitrogens with zero attached hydrogens (tertiary/aromatic N) is 1. The van der Waals surface area contributed by atoms with Gasteiger partial charge < -0.3 is 4.74 Å². The molecule has 0 bridgehead atoms. The van der Waals surface area contributed by atoms with Gasteiger partial charge in [-0.2, -0.15) is 0 Å². The van der Waals surface area contributed by atoms with Gasteiger partial charge in [0.25, 0.3) is 0 Å². The third-order valence-electron chi connectivity index (χ3n) is 3.61. The molecular formula is C15H9Cl4NO2. The van der Waals surface area contributed by atoms with Gasteiger partial charge in [0, 0.05) is 5.56 Å². The maximum absolute atomic E-state index is 11.9. The summed E-state index contributed by atoms with van der Waals surface area (Å²) in [4.78, 5) is 16.4. The van der Waals surface area contributed by atoms with E-state index in [1.807, 2.05) is 30.3 Å². The minimum Gasteiger partial charge on any atom is -0.457 e. The smallest absolute Gasteiger partial charge is 0.218 e. The Morgan fingerprint density at radius 1 is 1.05 bits per heavy atom. The van der Waals surface area contributed by atoms with Crippen molar-refractivity contribution in [2.75, 3.05) is 0 Å². The molecule has 114 valence electrons. The number of aliphatic imine (C=N–C) groups is 1. The summed E-state index contributed by atoms with van der Waals surface area (Å²) in [6, 6.07) is 8.80. The van der Waals surface area contributed by atoms with Gasteiger partial charge in [-0.1, -0.05) is 64.6 Å². The average molecular weight is 377 g/mol. The van der Waals surface area contributed by atoms with E-state index in [1.54, 1.807) is 6.92 Å². The normalized spacial score (nSPS) is 24.0. The summed E-state index contributed by atoms with van der Waals surface area (Å²) < 4.78 is 5.95. The minimum atomic E-state index is -1.35. The molecule has 1 aliphatic carbocycles. The highest BCUT2D eigenvalue weighted by Crippen LogP contribution is 2.50. The lowest BCUT2D eigenvalue weighted by molar-refractivity contribution is -0.111. The Morgan fingerprint density at radius 2 is 1.59 bits per heavy atom. The second-order valence-electron chi connectivity index (χ2n) is 4.90. The molecule has 22 heavy (non-hydrogen) atoms. The number of hydrogen-bond donors (Lipinski definition) is 0. The second kappa shape index (κ2) is 5.57. The van der Waals surface area contributed by atoms with Crippen LogP contribution in [0, 0.1) is 0 Å². The summed E-state index contributed by atoms with van der Waals surface area (Å²) in [5.74, 6) is -0.249.